The first kappa shape index (κ1) is 14.9. The minimum Gasteiger partial charge on any atom is -0.297 e. The van der Waals surface area contributed by atoms with E-state index in [1.807, 2.05) is 13.2 Å². The second kappa shape index (κ2) is 6.12. The van der Waals surface area contributed by atoms with E-state index in [4.69, 9.17) is 0 Å². The van der Waals surface area contributed by atoms with Gasteiger partial charge in [0.05, 0.1) is 17.5 Å². The molecule has 7 nitrogen and oxygen atoms in total. The first-order chi connectivity index (χ1) is 11.7. The SMILES string of the molecule is Cn1cc(-c2ncccc2C(=O)Nc2nc(CC3CC3)ns2)cn1. The van der Waals surface area contributed by atoms with Crippen LogP contribution in [0.1, 0.15) is 29.0 Å². The summed E-state index contributed by atoms with van der Waals surface area (Å²) in [6.45, 7) is 0. The summed E-state index contributed by atoms with van der Waals surface area (Å²) in [4.78, 5) is 21.4. The Balaban J connectivity index is 1.55. The standard InChI is InChI=1S/C16H16N6OS/c1-22-9-11(8-18-22)14-12(3-2-6-17-14)15(23)20-16-19-13(21-24-16)7-10-4-5-10/h2-3,6,8-10H,4-5,7H2,1H3,(H,19,20,21,23). The number of rotatable bonds is 5. The van der Waals surface area contributed by atoms with Gasteiger partial charge in [-0.1, -0.05) is 0 Å². The molecular weight excluding hydrogens is 324 g/mol. The Labute approximate surface area is 142 Å². The Hall–Kier alpha value is -2.61. The van der Waals surface area contributed by atoms with Crippen LogP contribution in [0.5, 0.6) is 0 Å². The monoisotopic (exact) mass is 340 g/mol. The van der Waals surface area contributed by atoms with Gasteiger partial charge in [0.2, 0.25) is 5.13 Å². The smallest absolute Gasteiger partial charge is 0.259 e. The molecule has 1 aliphatic rings. The molecule has 1 aliphatic carbocycles. The minimum atomic E-state index is -0.240. The van der Waals surface area contributed by atoms with Crippen LogP contribution in [-0.2, 0) is 13.5 Å². The van der Waals surface area contributed by atoms with Crippen LogP contribution < -0.4 is 5.32 Å². The number of hydrogen-bond acceptors (Lipinski definition) is 6. The Morgan fingerprint density at radius 2 is 2.33 bits per heavy atom. The number of nitrogens with one attached hydrogen (secondary N) is 1. The molecule has 0 aliphatic heterocycles. The van der Waals surface area contributed by atoms with Crippen molar-refractivity contribution in [3.63, 3.8) is 0 Å². The number of carbonyl (C=O) groups is 1. The third-order valence-electron chi connectivity index (χ3n) is 3.89. The van der Waals surface area contributed by atoms with Crippen LogP contribution >= 0.6 is 11.5 Å². The van der Waals surface area contributed by atoms with E-state index in [0.717, 1.165) is 23.7 Å². The van der Waals surface area contributed by atoms with Crippen molar-refractivity contribution in [1.82, 2.24) is 24.1 Å². The summed E-state index contributed by atoms with van der Waals surface area (Å²) < 4.78 is 6.00. The van der Waals surface area contributed by atoms with Gasteiger partial charge in [-0.3, -0.25) is 19.8 Å². The highest BCUT2D eigenvalue weighted by Crippen LogP contribution is 2.32. The Morgan fingerprint density at radius 3 is 3.08 bits per heavy atom. The van der Waals surface area contributed by atoms with Gasteiger partial charge in [0.1, 0.15) is 5.82 Å². The van der Waals surface area contributed by atoms with Crippen molar-refractivity contribution >= 4 is 22.6 Å². The molecular formula is C16H16N6OS. The molecule has 0 unspecified atom stereocenters. The van der Waals surface area contributed by atoms with Crippen LogP contribution in [0.25, 0.3) is 11.3 Å². The van der Waals surface area contributed by atoms with Gasteiger partial charge < -0.3 is 0 Å². The van der Waals surface area contributed by atoms with Crippen LogP contribution in [0.3, 0.4) is 0 Å². The maximum atomic E-state index is 12.6. The van der Waals surface area contributed by atoms with Crippen molar-refractivity contribution in [2.24, 2.45) is 13.0 Å². The van der Waals surface area contributed by atoms with Crippen molar-refractivity contribution in [2.75, 3.05) is 5.32 Å². The van der Waals surface area contributed by atoms with Crippen molar-refractivity contribution in [1.29, 1.82) is 0 Å². The van der Waals surface area contributed by atoms with Crippen LogP contribution in [0.2, 0.25) is 0 Å². The van der Waals surface area contributed by atoms with Gasteiger partial charge in [-0.2, -0.15) is 9.47 Å². The number of hydrogen-bond donors (Lipinski definition) is 1. The highest BCUT2D eigenvalue weighted by Gasteiger charge is 2.24. The molecule has 0 spiro atoms. The predicted octanol–water partition coefficient (Wildman–Crippen LogP) is 2.54. The largest absolute Gasteiger partial charge is 0.297 e. The van der Waals surface area contributed by atoms with Gasteiger partial charge in [0.25, 0.3) is 5.91 Å². The Morgan fingerprint density at radius 1 is 1.46 bits per heavy atom. The number of nitrogens with zero attached hydrogens (tertiary/aromatic N) is 5. The zero-order valence-corrected chi connectivity index (χ0v) is 14.0. The molecule has 1 fully saturated rings. The molecule has 0 radical (unpaired) electrons. The zero-order valence-electron chi connectivity index (χ0n) is 13.1. The number of carbonyl (C=O) groups excluding carboxylic acids is 1. The van der Waals surface area contributed by atoms with Crippen molar-refractivity contribution < 1.29 is 4.79 Å². The predicted molar refractivity (Wildman–Crippen MR) is 90.7 cm³/mol. The van der Waals surface area contributed by atoms with E-state index in [-0.39, 0.29) is 5.91 Å². The molecule has 0 saturated heterocycles. The van der Waals surface area contributed by atoms with E-state index in [1.165, 1.54) is 24.4 Å². The average Bonchev–Trinajstić information content (AvgIpc) is 3.11. The first-order valence-corrected chi connectivity index (χ1v) is 8.54. The summed E-state index contributed by atoms with van der Waals surface area (Å²) in [5, 5.41) is 7.49. The second-order valence-electron chi connectivity index (χ2n) is 5.92. The third kappa shape index (κ3) is 3.18. The number of aromatic nitrogens is 5. The molecule has 0 atom stereocenters. The van der Waals surface area contributed by atoms with Crippen molar-refractivity contribution in [3.8, 4) is 11.3 Å². The van der Waals surface area contributed by atoms with Gasteiger partial charge in [-0.15, -0.1) is 0 Å². The number of amides is 1. The van der Waals surface area contributed by atoms with E-state index in [1.54, 1.807) is 29.2 Å². The number of aryl methyl sites for hydroxylation is 1. The molecule has 8 heteroatoms. The number of anilines is 1. The van der Waals surface area contributed by atoms with E-state index in [2.05, 4.69) is 24.8 Å². The lowest BCUT2D eigenvalue weighted by Gasteiger charge is -2.05. The Bertz CT molecular complexity index is 882. The molecule has 24 heavy (non-hydrogen) atoms. The molecule has 1 N–H and O–H groups in total. The summed E-state index contributed by atoms with van der Waals surface area (Å²) in [6.07, 6.45) is 8.60. The average molecular weight is 340 g/mol. The molecule has 122 valence electrons. The lowest BCUT2D eigenvalue weighted by molar-refractivity contribution is 0.102. The van der Waals surface area contributed by atoms with Crippen LogP contribution in [-0.4, -0.2) is 30.0 Å². The maximum absolute atomic E-state index is 12.6. The molecule has 3 heterocycles. The first-order valence-electron chi connectivity index (χ1n) is 7.77. The fourth-order valence-electron chi connectivity index (χ4n) is 2.49. The van der Waals surface area contributed by atoms with E-state index in [9.17, 15) is 4.79 Å². The van der Waals surface area contributed by atoms with Gasteiger partial charge in [-0.05, 0) is 30.9 Å². The fraction of sp³-hybridized carbons (Fsp3) is 0.312. The van der Waals surface area contributed by atoms with Crippen LogP contribution in [0, 0.1) is 5.92 Å². The molecule has 3 aromatic heterocycles. The van der Waals surface area contributed by atoms with Gasteiger partial charge in [0, 0.05) is 43.0 Å². The molecule has 0 bridgehead atoms. The molecule has 3 aromatic rings. The summed E-state index contributed by atoms with van der Waals surface area (Å²) in [7, 11) is 1.83. The normalized spacial score (nSPS) is 13.9. The van der Waals surface area contributed by atoms with Crippen molar-refractivity contribution in [2.45, 2.75) is 19.3 Å². The van der Waals surface area contributed by atoms with Crippen LogP contribution in [0.4, 0.5) is 5.13 Å². The minimum absolute atomic E-state index is 0.240. The van der Waals surface area contributed by atoms with Crippen molar-refractivity contribution in [3.05, 3.63) is 42.1 Å². The highest BCUT2D eigenvalue weighted by atomic mass is 32.1. The summed E-state index contributed by atoms with van der Waals surface area (Å²) in [6, 6.07) is 3.49. The third-order valence-corrected chi connectivity index (χ3v) is 4.56. The van der Waals surface area contributed by atoms with Gasteiger partial charge >= 0.3 is 0 Å². The molecule has 1 saturated carbocycles. The highest BCUT2D eigenvalue weighted by molar-refractivity contribution is 7.09. The molecule has 1 amide bonds. The molecule has 4 rings (SSSR count). The fourth-order valence-corrected chi connectivity index (χ4v) is 3.09. The second-order valence-corrected chi connectivity index (χ2v) is 6.67. The maximum Gasteiger partial charge on any atom is 0.259 e. The lowest BCUT2D eigenvalue weighted by Crippen LogP contribution is -2.13. The van der Waals surface area contributed by atoms with Gasteiger partial charge in [-0.25, -0.2) is 4.98 Å². The van der Waals surface area contributed by atoms with E-state index >= 15 is 0 Å². The van der Waals surface area contributed by atoms with Crippen LogP contribution in [0.15, 0.2) is 30.7 Å². The molecule has 0 aromatic carbocycles. The quantitative estimate of drug-likeness (QED) is 0.771. The Kier molecular flexibility index (Phi) is 3.81. The van der Waals surface area contributed by atoms with E-state index < -0.39 is 0 Å². The van der Waals surface area contributed by atoms with Gasteiger partial charge in [0.15, 0.2) is 0 Å². The summed E-state index contributed by atoms with van der Waals surface area (Å²) in [5.74, 6) is 1.30. The summed E-state index contributed by atoms with van der Waals surface area (Å²) in [5.41, 5.74) is 1.89. The summed E-state index contributed by atoms with van der Waals surface area (Å²) >= 11 is 1.22. The lowest BCUT2D eigenvalue weighted by atomic mass is 10.1. The van der Waals surface area contributed by atoms with E-state index in [0.29, 0.717) is 16.4 Å². The number of pyridine rings is 1. The zero-order chi connectivity index (χ0) is 16.5. The topological polar surface area (TPSA) is 85.6 Å².